The number of halogens is 2. The van der Waals surface area contributed by atoms with Gasteiger partial charge in [-0.1, -0.05) is 29.8 Å². The van der Waals surface area contributed by atoms with Gasteiger partial charge in [-0.15, -0.1) is 0 Å². The van der Waals surface area contributed by atoms with Gasteiger partial charge in [0.25, 0.3) is 0 Å². The third kappa shape index (κ3) is 3.15. The molecule has 1 saturated carbocycles. The number of aromatic nitrogens is 3. The summed E-state index contributed by atoms with van der Waals surface area (Å²) < 4.78 is 8.99. The average molecular weight is 407 g/mol. The Labute approximate surface area is 153 Å². The highest BCUT2D eigenvalue weighted by Gasteiger charge is 2.26. The van der Waals surface area contributed by atoms with Crippen LogP contribution in [-0.4, -0.2) is 20.9 Å². The van der Waals surface area contributed by atoms with Gasteiger partial charge in [-0.3, -0.25) is 4.68 Å². The van der Waals surface area contributed by atoms with E-state index in [-0.39, 0.29) is 6.10 Å². The van der Waals surface area contributed by atoms with Crippen LogP contribution in [0.3, 0.4) is 0 Å². The number of hydrogen-bond donors (Lipinski definition) is 0. The number of para-hydroxylation sites is 1. The van der Waals surface area contributed by atoms with Crippen LogP contribution < -0.4 is 4.74 Å². The number of ether oxygens (including phenoxy) is 1. The lowest BCUT2D eigenvalue weighted by molar-refractivity contribution is 0.131. The van der Waals surface area contributed by atoms with Crippen LogP contribution >= 0.6 is 27.5 Å². The molecular formula is C18H17BrClN3O. The number of pyridine rings is 1. The summed E-state index contributed by atoms with van der Waals surface area (Å²) in [5.74, 6) is 0.950. The minimum Gasteiger partial charge on any atom is -0.490 e. The quantitative estimate of drug-likeness (QED) is 0.546. The molecule has 0 spiro atoms. The third-order valence-corrected chi connectivity index (χ3v) is 5.34. The molecule has 24 heavy (non-hydrogen) atoms. The first-order valence-corrected chi connectivity index (χ1v) is 9.29. The van der Waals surface area contributed by atoms with Crippen LogP contribution in [0.5, 0.6) is 5.75 Å². The van der Waals surface area contributed by atoms with Crippen LogP contribution in [0.1, 0.15) is 31.7 Å². The van der Waals surface area contributed by atoms with Crippen molar-refractivity contribution in [1.29, 1.82) is 0 Å². The second kappa shape index (κ2) is 6.73. The van der Waals surface area contributed by atoms with Crippen LogP contribution in [0.25, 0.3) is 10.9 Å². The molecule has 124 valence electrons. The van der Waals surface area contributed by atoms with Crippen LogP contribution in [0.15, 0.2) is 47.2 Å². The topological polar surface area (TPSA) is 39.9 Å². The summed E-state index contributed by atoms with van der Waals surface area (Å²) in [6, 6.07) is 12.3. The van der Waals surface area contributed by atoms with Crippen molar-refractivity contribution in [2.45, 2.75) is 37.8 Å². The maximum absolute atomic E-state index is 6.08. The summed E-state index contributed by atoms with van der Waals surface area (Å²) in [5.41, 5.74) is 1.04. The molecule has 0 bridgehead atoms. The van der Waals surface area contributed by atoms with E-state index in [1.165, 1.54) is 0 Å². The van der Waals surface area contributed by atoms with Crippen molar-refractivity contribution >= 4 is 38.4 Å². The first kappa shape index (κ1) is 15.9. The number of nitrogens with zero attached hydrogens (tertiary/aromatic N) is 3. The molecule has 1 aliphatic rings. The van der Waals surface area contributed by atoms with Crippen LogP contribution in [0.2, 0.25) is 5.15 Å². The molecule has 2 aromatic heterocycles. The zero-order valence-electron chi connectivity index (χ0n) is 13.0. The van der Waals surface area contributed by atoms with E-state index < -0.39 is 0 Å². The Bertz CT molecular complexity index is 844. The largest absolute Gasteiger partial charge is 0.490 e. The minimum atomic E-state index is 0.277. The van der Waals surface area contributed by atoms with E-state index >= 15 is 0 Å². The lowest BCUT2D eigenvalue weighted by atomic mass is 9.93. The van der Waals surface area contributed by atoms with Gasteiger partial charge in [0.15, 0.2) is 0 Å². The molecular weight excluding hydrogens is 390 g/mol. The molecule has 0 aliphatic heterocycles. The fraction of sp³-hybridized carbons (Fsp3) is 0.333. The maximum Gasteiger partial charge on any atom is 0.137 e. The van der Waals surface area contributed by atoms with Crippen molar-refractivity contribution < 1.29 is 4.74 Å². The predicted molar refractivity (Wildman–Crippen MR) is 98.6 cm³/mol. The SMILES string of the molecule is Clc1cc2c(cn1)c(Br)nn2[C@H]1CC[C@H](Oc2ccccc2)CC1. The molecule has 1 aromatic carbocycles. The minimum absolute atomic E-state index is 0.277. The fourth-order valence-electron chi connectivity index (χ4n) is 3.35. The van der Waals surface area contributed by atoms with Crippen molar-refractivity contribution in [1.82, 2.24) is 14.8 Å². The molecule has 2 heterocycles. The number of hydrogen-bond acceptors (Lipinski definition) is 3. The van der Waals surface area contributed by atoms with E-state index in [0.717, 1.165) is 46.9 Å². The Hall–Kier alpha value is -1.59. The highest BCUT2D eigenvalue weighted by atomic mass is 79.9. The molecule has 4 rings (SSSR count). The van der Waals surface area contributed by atoms with Crippen LogP contribution in [0, 0.1) is 0 Å². The molecule has 1 aliphatic carbocycles. The fourth-order valence-corrected chi connectivity index (χ4v) is 3.98. The Kier molecular flexibility index (Phi) is 4.46. The summed E-state index contributed by atoms with van der Waals surface area (Å²) in [5, 5.41) is 6.16. The lowest BCUT2D eigenvalue weighted by Crippen LogP contribution is -2.26. The predicted octanol–water partition coefficient (Wildman–Crippen LogP) is 5.41. The van der Waals surface area contributed by atoms with Crippen molar-refractivity contribution in [3.05, 3.63) is 52.4 Å². The molecule has 0 atom stereocenters. The zero-order valence-corrected chi connectivity index (χ0v) is 15.4. The maximum atomic E-state index is 6.08. The molecule has 0 amide bonds. The van der Waals surface area contributed by atoms with Gasteiger partial charge in [0.1, 0.15) is 15.5 Å². The van der Waals surface area contributed by atoms with E-state index in [2.05, 4.69) is 30.7 Å². The normalized spacial score (nSPS) is 21.1. The second-order valence-electron chi connectivity index (χ2n) is 6.12. The first-order chi connectivity index (χ1) is 11.7. The summed E-state index contributed by atoms with van der Waals surface area (Å²) in [6.45, 7) is 0. The second-order valence-corrected chi connectivity index (χ2v) is 7.26. The molecule has 6 heteroatoms. The summed E-state index contributed by atoms with van der Waals surface area (Å²) in [4.78, 5) is 4.15. The molecule has 0 N–H and O–H groups in total. The average Bonchev–Trinajstić information content (AvgIpc) is 2.93. The first-order valence-electron chi connectivity index (χ1n) is 8.11. The summed E-state index contributed by atoms with van der Waals surface area (Å²) >= 11 is 9.59. The van der Waals surface area contributed by atoms with E-state index in [0.29, 0.717) is 11.2 Å². The van der Waals surface area contributed by atoms with E-state index in [9.17, 15) is 0 Å². The Morgan fingerprint density at radius 1 is 1.12 bits per heavy atom. The zero-order chi connectivity index (χ0) is 16.5. The van der Waals surface area contributed by atoms with Crippen molar-refractivity contribution in [2.75, 3.05) is 0 Å². The molecule has 3 aromatic rings. The highest BCUT2D eigenvalue weighted by molar-refractivity contribution is 9.10. The number of benzene rings is 1. The van der Waals surface area contributed by atoms with Gasteiger partial charge in [0.2, 0.25) is 0 Å². The van der Waals surface area contributed by atoms with Crippen LogP contribution in [-0.2, 0) is 0 Å². The Morgan fingerprint density at radius 3 is 2.62 bits per heavy atom. The van der Waals surface area contributed by atoms with Gasteiger partial charge in [-0.05, 0) is 53.7 Å². The summed E-state index contributed by atoms with van der Waals surface area (Å²) in [7, 11) is 0. The molecule has 0 unspecified atom stereocenters. The van der Waals surface area contributed by atoms with Crippen molar-refractivity contribution in [3.63, 3.8) is 0 Å². The lowest BCUT2D eigenvalue weighted by Gasteiger charge is -2.29. The van der Waals surface area contributed by atoms with Crippen molar-refractivity contribution in [3.8, 4) is 5.75 Å². The third-order valence-electron chi connectivity index (χ3n) is 4.55. The van der Waals surface area contributed by atoms with E-state index in [4.69, 9.17) is 16.3 Å². The molecule has 4 nitrogen and oxygen atoms in total. The monoisotopic (exact) mass is 405 g/mol. The smallest absolute Gasteiger partial charge is 0.137 e. The highest BCUT2D eigenvalue weighted by Crippen LogP contribution is 2.35. The standard InChI is InChI=1S/C18H17BrClN3O/c19-18-15-11-21-17(20)10-16(15)23(22-18)12-6-8-14(9-7-12)24-13-4-2-1-3-5-13/h1-5,10-12,14H,6-9H2/t12-,14-. The molecule has 0 radical (unpaired) electrons. The van der Waals surface area contributed by atoms with Gasteiger partial charge < -0.3 is 4.74 Å². The van der Waals surface area contributed by atoms with Gasteiger partial charge in [-0.25, -0.2) is 4.98 Å². The van der Waals surface area contributed by atoms with Crippen molar-refractivity contribution in [2.24, 2.45) is 0 Å². The van der Waals surface area contributed by atoms with E-state index in [1.54, 1.807) is 6.20 Å². The van der Waals surface area contributed by atoms with Gasteiger partial charge >= 0.3 is 0 Å². The molecule has 0 saturated heterocycles. The Morgan fingerprint density at radius 2 is 1.88 bits per heavy atom. The van der Waals surface area contributed by atoms with Gasteiger partial charge in [0.05, 0.1) is 23.0 Å². The van der Waals surface area contributed by atoms with Crippen LogP contribution in [0.4, 0.5) is 0 Å². The summed E-state index contributed by atoms with van der Waals surface area (Å²) in [6.07, 6.45) is 6.19. The molecule has 1 fully saturated rings. The van der Waals surface area contributed by atoms with E-state index in [1.807, 2.05) is 36.4 Å². The number of rotatable bonds is 3. The van der Waals surface area contributed by atoms with Gasteiger partial charge in [-0.2, -0.15) is 5.10 Å². The Balaban J connectivity index is 1.49. The van der Waals surface area contributed by atoms with Gasteiger partial charge in [0, 0.05) is 12.3 Å². The number of fused-ring (bicyclic) bond motifs is 1.